The van der Waals surface area contributed by atoms with Crippen molar-refractivity contribution in [2.75, 3.05) is 32.0 Å². The van der Waals surface area contributed by atoms with E-state index in [4.69, 9.17) is 0 Å². The van der Waals surface area contributed by atoms with Crippen molar-refractivity contribution in [1.29, 1.82) is 0 Å². The van der Waals surface area contributed by atoms with Crippen LogP contribution in [0.1, 0.15) is 25.3 Å². The van der Waals surface area contributed by atoms with E-state index in [1.165, 1.54) is 12.1 Å². The summed E-state index contributed by atoms with van der Waals surface area (Å²) in [7, 11) is 2.08. The van der Waals surface area contributed by atoms with Gasteiger partial charge in [0, 0.05) is 12.2 Å². The van der Waals surface area contributed by atoms with Crippen molar-refractivity contribution in [3.05, 3.63) is 29.8 Å². The van der Waals surface area contributed by atoms with Crippen LogP contribution in [0.5, 0.6) is 0 Å². The summed E-state index contributed by atoms with van der Waals surface area (Å²) in [5.74, 6) is 0. The highest BCUT2D eigenvalue weighted by molar-refractivity contribution is 5.52. The van der Waals surface area contributed by atoms with Crippen molar-refractivity contribution in [3.8, 4) is 0 Å². The Hall–Kier alpha value is -1.23. The van der Waals surface area contributed by atoms with Crippen LogP contribution >= 0.6 is 0 Å². The van der Waals surface area contributed by atoms with Gasteiger partial charge in [0.2, 0.25) is 0 Å². The molecule has 1 fully saturated rings. The minimum absolute atomic E-state index is 0.0607. The number of piperidine rings is 1. The van der Waals surface area contributed by atoms with Gasteiger partial charge in [-0.3, -0.25) is 0 Å². The summed E-state index contributed by atoms with van der Waals surface area (Å²) >= 11 is 0. The molecule has 2 nitrogen and oxygen atoms in total. The van der Waals surface area contributed by atoms with Gasteiger partial charge < -0.3 is 10.2 Å². The fourth-order valence-electron chi connectivity index (χ4n) is 2.53. The fourth-order valence-corrected chi connectivity index (χ4v) is 2.53. The molecule has 2 rings (SSSR count). The number of likely N-dealkylation sites (tertiary alicyclic amines) is 1. The number of hydrogen-bond donors (Lipinski definition) is 1. The van der Waals surface area contributed by atoms with Gasteiger partial charge in [-0.1, -0.05) is 19.1 Å². The monoisotopic (exact) mass is 286 g/mol. The first-order chi connectivity index (χ1) is 9.30. The maximum atomic E-state index is 12.9. The summed E-state index contributed by atoms with van der Waals surface area (Å²) in [6, 6.07) is 5.68. The van der Waals surface area contributed by atoms with E-state index >= 15 is 0 Å². The van der Waals surface area contributed by atoms with Crippen molar-refractivity contribution in [2.45, 2.75) is 25.9 Å². The smallest absolute Gasteiger partial charge is 0.384 e. The number of nitrogens with zero attached hydrogens (tertiary/aromatic N) is 1. The molecule has 0 amide bonds. The van der Waals surface area contributed by atoms with Gasteiger partial charge in [-0.25, -0.2) is 0 Å². The van der Waals surface area contributed by atoms with Crippen LogP contribution in [-0.4, -0.2) is 31.6 Å². The number of benzene rings is 1. The third-order valence-corrected chi connectivity index (χ3v) is 4.13. The number of anilines is 1. The van der Waals surface area contributed by atoms with Crippen molar-refractivity contribution < 1.29 is 13.2 Å². The van der Waals surface area contributed by atoms with E-state index in [-0.39, 0.29) is 11.1 Å². The van der Waals surface area contributed by atoms with Gasteiger partial charge in [-0.05, 0) is 50.5 Å². The van der Waals surface area contributed by atoms with Gasteiger partial charge in [0.05, 0.1) is 5.56 Å². The lowest BCUT2D eigenvalue weighted by molar-refractivity contribution is -0.137. The second kappa shape index (κ2) is 5.64. The summed E-state index contributed by atoms with van der Waals surface area (Å²) in [5, 5.41) is 3.01. The molecule has 0 atom stereocenters. The molecule has 1 saturated heterocycles. The fraction of sp³-hybridized carbons (Fsp3) is 0.600. The SMILES string of the molecule is CN1CCC(C)(CNc2ccccc2C(F)(F)F)CC1. The number of nitrogens with one attached hydrogen (secondary N) is 1. The molecule has 1 heterocycles. The summed E-state index contributed by atoms with van der Waals surface area (Å²) in [6.07, 6.45) is -2.30. The molecule has 1 aromatic carbocycles. The minimum Gasteiger partial charge on any atom is -0.384 e. The minimum atomic E-state index is -4.31. The van der Waals surface area contributed by atoms with E-state index in [9.17, 15) is 13.2 Å². The Balaban J connectivity index is 2.04. The van der Waals surface area contributed by atoms with Crippen LogP contribution in [0.25, 0.3) is 0 Å². The van der Waals surface area contributed by atoms with Crippen molar-refractivity contribution in [1.82, 2.24) is 4.90 Å². The molecule has 1 aliphatic rings. The summed E-state index contributed by atoms with van der Waals surface area (Å²) in [4.78, 5) is 2.26. The average Bonchev–Trinajstić information content (AvgIpc) is 2.40. The Morgan fingerprint density at radius 2 is 1.80 bits per heavy atom. The number of alkyl halides is 3. The number of hydrogen-bond acceptors (Lipinski definition) is 2. The van der Waals surface area contributed by atoms with Crippen LogP contribution < -0.4 is 5.32 Å². The standard InChI is InChI=1S/C15H21F3N2/c1-14(7-9-20(2)10-8-14)11-19-13-6-4-3-5-12(13)15(16,17)18/h3-6,19H,7-11H2,1-2H3. The second-order valence-corrected chi connectivity index (χ2v) is 6.01. The van der Waals surface area contributed by atoms with E-state index in [0.717, 1.165) is 32.0 Å². The third kappa shape index (κ3) is 3.66. The molecule has 0 saturated carbocycles. The van der Waals surface area contributed by atoms with Crippen LogP contribution in [0.15, 0.2) is 24.3 Å². The molecule has 0 aromatic heterocycles. The predicted octanol–water partition coefficient (Wildman–Crippen LogP) is 3.85. The molecule has 1 aliphatic heterocycles. The zero-order chi connectivity index (χ0) is 14.8. The molecular weight excluding hydrogens is 265 g/mol. The molecule has 0 aliphatic carbocycles. The van der Waals surface area contributed by atoms with E-state index in [0.29, 0.717) is 6.54 Å². The highest BCUT2D eigenvalue weighted by atomic mass is 19.4. The van der Waals surface area contributed by atoms with Crippen molar-refractivity contribution in [2.24, 2.45) is 5.41 Å². The van der Waals surface area contributed by atoms with E-state index in [1.807, 2.05) is 0 Å². The normalized spacial score (nSPS) is 19.9. The average molecular weight is 286 g/mol. The lowest BCUT2D eigenvalue weighted by atomic mass is 9.80. The zero-order valence-electron chi connectivity index (χ0n) is 11.9. The molecule has 0 spiro atoms. The van der Waals surface area contributed by atoms with Crippen molar-refractivity contribution in [3.63, 3.8) is 0 Å². The molecule has 0 bridgehead atoms. The molecule has 1 aromatic rings. The number of halogens is 3. The van der Waals surface area contributed by atoms with E-state index in [1.54, 1.807) is 6.07 Å². The highest BCUT2D eigenvalue weighted by Gasteiger charge is 2.34. The van der Waals surface area contributed by atoms with E-state index < -0.39 is 11.7 Å². The maximum absolute atomic E-state index is 12.9. The van der Waals surface area contributed by atoms with Crippen LogP contribution in [0.3, 0.4) is 0 Å². The first kappa shape index (κ1) is 15.2. The maximum Gasteiger partial charge on any atom is 0.418 e. The molecule has 1 N–H and O–H groups in total. The molecule has 5 heteroatoms. The lowest BCUT2D eigenvalue weighted by Gasteiger charge is -2.38. The summed E-state index contributed by atoms with van der Waals surface area (Å²) in [6.45, 7) is 4.72. The largest absolute Gasteiger partial charge is 0.418 e. The van der Waals surface area contributed by atoms with Gasteiger partial charge >= 0.3 is 6.18 Å². The van der Waals surface area contributed by atoms with Crippen molar-refractivity contribution >= 4 is 5.69 Å². The molecule has 0 radical (unpaired) electrons. The summed E-state index contributed by atoms with van der Waals surface area (Å²) < 4.78 is 38.7. The van der Waals surface area contributed by atoms with Crippen LogP contribution in [0.4, 0.5) is 18.9 Å². The molecular formula is C15H21F3N2. The Bertz CT molecular complexity index is 449. The predicted molar refractivity (Wildman–Crippen MR) is 74.8 cm³/mol. The first-order valence-corrected chi connectivity index (χ1v) is 6.89. The Labute approximate surface area is 118 Å². The van der Waals surface area contributed by atoms with Crippen LogP contribution in [0, 0.1) is 5.41 Å². The Morgan fingerprint density at radius 1 is 1.20 bits per heavy atom. The third-order valence-electron chi connectivity index (χ3n) is 4.13. The zero-order valence-corrected chi connectivity index (χ0v) is 11.9. The van der Waals surface area contributed by atoms with E-state index in [2.05, 4.69) is 24.2 Å². The van der Waals surface area contributed by atoms with Gasteiger partial charge in [0.25, 0.3) is 0 Å². The second-order valence-electron chi connectivity index (χ2n) is 6.01. The van der Waals surface area contributed by atoms with Gasteiger partial charge in [-0.2, -0.15) is 13.2 Å². The number of para-hydroxylation sites is 1. The van der Waals surface area contributed by atoms with Gasteiger partial charge in [-0.15, -0.1) is 0 Å². The quantitative estimate of drug-likeness (QED) is 0.908. The van der Waals surface area contributed by atoms with Gasteiger partial charge in [0.1, 0.15) is 0 Å². The highest BCUT2D eigenvalue weighted by Crippen LogP contribution is 2.36. The molecule has 112 valence electrons. The Kier molecular flexibility index (Phi) is 4.28. The van der Waals surface area contributed by atoms with Crippen LogP contribution in [0.2, 0.25) is 0 Å². The molecule has 20 heavy (non-hydrogen) atoms. The van der Waals surface area contributed by atoms with Gasteiger partial charge in [0.15, 0.2) is 0 Å². The first-order valence-electron chi connectivity index (χ1n) is 6.89. The topological polar surface area (TPSA) is 15.3 Å². The lowest BCUT2D eigenvalue weighted by Crippen LogP contribution is -2.40. The Morgan fingerprint density at radius 3 is 2.40 bits per heavy atom. The van der Waals surface area contributed by atoms with Crippen LogP contribution in [-0.2, 0) is 6.18 Å². The number of rotatable bonds is 3. The molecule has 0 unspecified atom stereocenters. The summed E-state index contributed by atoms with van der Waals surface area (Å²) in [5.41, 5.74) is -0.345.